The smallest absolute Gasteiger partial charge is 0.463 e. The number of allylic oxidation sites excluding steroid dienone is 22. The second-order valence-corrected chi connectivity index (χ2v) is 28.3. The van der Waals surface area contributed by atoms with Crippen molar-refractivity contribution in [2.75, 3.05) is 39.6 Å². The summed E-state index contributed by atoms with van der Waals surface area (Å²) in [5.41, 5.74) is 0. The molecule has 0 saturated carbocycles. The number of carbonyl (C=O) groups excluding carboxylic acids is 3. The molecule has 568 valence electrons. The molecule has 0 saturated heterocycles. The number of hydrogen-bond acceptors (Lipinski definition) is 14. The Bertz CT molecular complexity index is 2330. The highest BCUT2D eigenvalue weighted by Crippen LogP contribution is 2.45. The van der Waals surface area contributed by atoms with E-state index in [1.807, 2.05) is 0 Å². The molecule has 0 aromatic heterocycles. The molecule has 0 aliphatic carbocycles. The number of rotatable bonds is 72. The minimum Gasteiger partial charge on any atom is -0.463 e. The molecule has 0 aliphatic rings. The minimum atomic E-state index is -4.93. The number of aliphatic hydroxyl groups excluding tert-OH is 2. The van der Waals surface area contributed by atoms with Crippen molar-refractivity contribution < 1.29 is 75.8 Å². The third-order valence-electron chi connectivity index (χ3n) is 15.8. The van der Waals surface area contributed by atoms with E-state index in [1.165, 1.54) is 83.5 Å². The van der Waals surface area contributed by atoms with Gasteiger partial charge in [0.05, 0.1) is 26.4 Å². The number of hydrogen-bond donors (Lipinski definition) is 4. The summed E-state index contributed by atoms with van der Waals surface area (Å²) in [5, 5.41) is 20.6. The number of carbonyl (C=O) groups is 3. The van der Waals surface area contributed by atoms with Crippen LogP contribution in [0.3, 0.4) is 0 Å². The molecule has 0 rings (SSSR count). The van der Waals surface area contributed by atoms with E-state index in [4.69, 9.17) is 32.3 Å². The molecule has 4 N–H and O–H groups in total. The summed E-state index contributed by atoms with van der Waals surface area (Å²) >= 11 is 0. The van der Waals surface area contributed by atoms with Gasteiger partial charge >= 0.3 is 33.6 Å². The highest BCUT2D eigenvalue weighted by molar-refractivity contribution is 7.47. The van der Waals surface area contributed by atoms with Crippen LogP contribution in [-0.2, 0) is 55.8 Å². The molecule has 0 heterocycles. The fourth-order valence-electron chi connectivity index (χ4n) is 10.0. The third kappa shape index (κ3) is 74.7. The quantitative estimate of drug-likeness (QED) is 0.0146. The van der Waals surface area contributed by atoms with Gasteiger partial charge in [-0.1, -0.05) is 283 Å². The van der Waals surface area contributed by atoms with E-state index >= 15 is 0 Å². The summed E-state index contributed by atoms with van der Waals surface area (Å²) < 4.78 is 61.0. The van der Waals surface area contributed by atoms with Crippen molar-refractivity contribution in [1.82, 2.24) is 0 Å². The van der Waals surface area contributed by atoms with Gasteiger partial charge in [0, 0.05) is 19.3 Å². The molecule has 16 nitrogen and oxygen atoms in total. The molecule has 0 radical (unpaired) electrons. The molecular formula is C81H138O16P2. The summed E-state index contributed by atoms with van der Waals surface area (Å²) in [5.74, 6) is -1.61. The van der Waals surface area contributed by atoms with Gasteiger partial charge in [-0.25, -0.2) is 9.13 Å². The lowest BCUT2D eigenvalue weighted by Gasteiger charge is -2.21. The molecule has 5 unspecified atom stereocenters. The first kappa shape index (κ1) is 94.7. The highest BCUT2D eigenvalue weighted by Gasteiger charge is 2.29. The van der Waals surface area contributed by atoms with Crippen LogP contribution >= 0.6 is 15.6 Å². The van der Waals surface area contributed by atoms with E-state index in [1.54, 1.807) is 0 Å². The summed E-state index contributed by atoms with van der Waals surface area (Å²) in [6.45, 7) is 2.39. The van der Waals surface area contributed by atoms with Gasteiger partial charge in [-0.3, -0.25) is 32.5 Å². The number of phosphoric ester groups is 2. The number of phosphoric acid groups is 2. The van der Waals surface area contributed by atoms with Gasteiger partial charge in [0.1, 0.15) is 25.4 Å². The number of aliphatic hydroxyl groups is 2. The van der Waals surface area contributed by atoms with Crippen LogP contribution in [0.1, 0.15) is 303 Å². The van der Waals surface area contributed by atoms with Crippen LogP contribution in [-0.4, -0.2) is 95.9 Å². The van der Waals surface area contributed by atoms with Gasteiger partial charge in [-0.05, 0) is 135 Å². The second-order valence-electron chi connectivity index (χ2n) is 25.4. The van der Waals surface area contributed by atoms with Crippen molar-refractivity contribution in [2.45, 2.75) is 322 Å². The van der Waals surface area contributed by atoms with E-state index in [0.717, 1.165) is 161 Å². The largest absolute Gasteiger partial charge is 0.472 e. The van der Waals surface area contributed by atoms with Gasteiger partial charge in [-0.15, -0.1) is 0 Å². The van der Waals surface area contributed by atoms with Crippen molar-refractivity contribution in [1.29, 1.82) is 0 Å². The van der Waals surface area contributed by atoms with Crippen LogP contribution in [0.4, 0.5) is 0 Å². The van der Waals surface area contributed by atoms with Gasteiger partial charge in [0.2, 0.25) is 0 Å². The van der Waals surface area contributed by atoms with Crippen molar-refractivity contribution in [2.24, 2.45) is 0 Å². The Morgan fingerprint density at radius 2 is 0.535 bits per heavy atom. The number of ether oxygens (including phenoxy) is 3. The average Bonchev–Trinajstić information content (AvgIpc) is 1.43. The maximum atomic E-state index is 12.9. The van der Waals surface area contributed by atoms with Crippen LogP contribution in [0.25, 0.3) is 0 Å². The molecular weight excluding hydrogens is 1290 g/mol. The maximum absolute atomic E-state index is 12.9. The van der Waals surface area contributed by atoms with Crippen molar-refractivity contribution in [3.63, 3.8) is 0 Å². The van der Waals surface area contributed by atoms with Crippen LogP contribution in [0.15, 0.2) is 134 Å². The normalized spacial score (nSPS) is 14.8. The summed E-state index contributed by atoms with van der Waals surface area (Å²) in [4.78, 5) is 58.5. The zero-order chi connectivity index (χ0) is 72.3. The molecule has 0 amide bonds. The van der Waals surface area contributed by atoms with E-state index in [0.29, 0.717) is 19.3 Å². The predicted molar refractivity (Wildman–Crippen MR) is 408 cm³/mol. The van der Waals surface area contributed by atoms with Gasteiger partial charge in [0.25, 0.3) is 0 Å². The molecule has 5 atom stereocenters. The Morgan fingerprint density at radius 1 is 0.293 bits per heavy atom. The van der Waals surface area contributed by atoms with Gasteiger partial charge in [-0.2, -0.15) is 0 Å². The summed E-state index contributed by atoms with van der Waals surface area (Å²) in [7, 11) is -9.79. The maximum Gasteiger partial charge on any atom is 0.472 e. The number of esters is 3. The molecule has 99 heavy (non-hydrogen) atoms. The van der Waals surface area contributed by atoms with Gasteiger partial charge < -0.3 is 34.2 Å². The lowest BCUT2D eigenvalue weighted by Crippen LogP contribution is -2.30. The molecule has 18 heteroatoms. The van der Waals surface area contributed by atoms with Gasteiger partial charge in [0.15, 0.2) is 6.10 Å². The van der Waals surface area contributed by atoms with Crippen molar-refractivity contribution >= 4 is 33.6 Å². The molecule has 0 bridgehead atoms. The SMILES string of the molecule is CC/C=C\C/C=C\C/C=C\C/C=C\C/C=C\C/C=C\CCCCCCCCCCCCCCCCC(=O)OCC(O)COP(=O)(O)OCC(O)COP(=O)(O)OCC(COC(=O)CCCCCCC/C=C\C/C=C\C/C=C\CC)OC(=O)CCCCCCC/C=C\C/C=C\CCCCC. The van der Waals surface area contributed by atoms with Crippen molar-refractivity contribution in [3.05, 3.63) is 134 Å². The Hall–Kier alpha value is -4.31. The minimum absolute atomic E-state index is 0.0829. The molecule has 0 aromatic carbocycles. The number of unbranched alkanes of at least 4 members (excludes halogenated alkanes) is 27. The highest BCUT2D eigenvalue weighted by atomic mass is 31.2. The second kappa shape index (κ2) is 73.4. The van der Waals surface area contributed by atoms with Crippen LogP contribution in [0.5, 0.6) is 0 Å². The van der Waals surface area contributed by atoms with Crippen LogP contribution < -0.4 is 0 Å². The molecule has 0 aromatic rings. The molecule has 0 spiro atoms. The van der Waals surface area contributed by atoms with Crippen LogP contribution in [0.2, 0.25) is 0 Å². The summed E-state index contributed by atoms with van der Waals surface area (Å²) in [6, 6.07) is 0. The zero-order valence-electron chi connectivity index (χ0n) is 61.9. The van der Waals surface area contributed by atoms with Crippen LogP contribution in [0, 0.1) is 0 Å². The molecule has 0 fully saturated rings. The third-order valence-corrected chi connectivity index (χ3v) is 17.7. The van der Waals surface area contributed by atoms with Crippen molar-refractivity contribution in [3.8, 4) is 0 Å². The Morgan fingerprint density at radius 3 is 0.848 bits per heavy atom. The Balaban J connectivity index is 4.42. The lowest BCUT2D eigenvalue weighted by atomic mass is 10.0. The fourth-order valence-corrected chi connectivity index (χ4v) is 11.6. The predicted octanol–water partition coefficient (Wildman–Crippen LogP) is 22.3. The average molecular weight is 1430 g/mol. The summed E-state index contributed by atoms with van der Waals surface area (Å²) in [6.07, 6.45) is 88.0. The topological polar surface area (TPSA) is 231 Å². The Kier molecular flexibility index (Phi) is 70.2. The standard InChI is InChI=1S/C81H138O16P2/c1-4-7-10-13-16-19-22-25-28-29-30-31-32-33-34-35-36-37-38-39-40-41-42-43-44-45-48-50-52-55-58-61-64-67-79(84)91-70-76(82)71-93-98(87,88)94-72-77(83)73-95-99(89,90)96-75-78(97-81(86)69-66-63-60-57-54-51-47-27-24-21-18-15-12-9-6-3)74-92-80(85)68-65-62-59-56-53-49-46-26-23-20-17-14-11-8-5-2/h7-8,10-11,16-21,25-28,30-31,33-34,36-37,46-47,76-78,82-83H,4-6,9,12-15,22-24,29,32,35,38-45,48-75H2,1-3H3,(H,87,88)(H,89,90)/b10-7-,11-8-,19-16-,20-17-,21-18-,28-25-,31-30-,34-33-,37-36-,46-26-,47-27-. The van der Waals surface area contributed by atoms with E-state index in [9.17, 15) is 43.5 Å². The fraction of sp³-hybridized carbons (Fsp3) is 0.691. The first-order valence-electron chi connectivity index (χ1n) is 38.5. The zero-order valence-corrected chi connectivity index (χ0v) is 63.7. The monoisotopic (exact) mass is 1430 g/mol. The van der Waals surface area contributed by atoms with E-state index in [2.05, 4.69) is 154 Å². The van der Waals surface area contributed by atoms with E-state index in [-0.39, 0.29) is 19.3 Å². The Labute approximate surface area is 601 Å². The first-order chi connectivity index (χ1) is 48.2. The lowest BCUT2D eigenvalue weighted by molar-refractivity contribution is -0.161. The first-order valence-corrected chi connectivity index (χ1v) is 41.5. The molecule has 0 aliphatic heterocycles. The van der Waals surface area contributed by atoms with E-state index < -0.39 is 91.5 Å².